The van der Waals surface area contributed by atoms with Crippen molar-refractivity contribution in [2.24, 2.45) is 11.8 Å². The molecule has 23 heavy (non-hydrogen) atoms. The number of rotatable bonds is 3. The number of nitrogens with zero attached hydrogens (tertiary/aromatic N) is 2. The first kappa shape index (κ1) is 14.5. The molecule has 4 rings (SSSR count). The van der Waals surface area contributed by atoms with Crippen LogP contribution in [-0.4, -0.2) is 21.5 Å². The van der Waals surface area contributed by atoms with Gasteiger partial charge in [-0.25, -0.2) is 4.98 Å². The Labute approximate surface area is 136 Å². The lowest BCUT2D eigenvalue weighted by atomic mass is 9.95. The van der Waals surface area contributed by atoms with Gasteiger partial charge in [0, 0.05) is 11.7 Å². The summed E-state index contributed by atoms with van der Waals surface area (Å²) in [5.41, 5.74) is 2.53. The molecule has 0 spiro atoms. The van der Waals surface area contributed by atoms with Gasteiger partial charge in [-0.3, -0.25) is 4.79 Å². The number of hydrogen-bond acceptors (Lipinski definition) is 2. The third kappa shape index (κ3) is 2.46. The van der Waals surface area contributed by atoms with Crippen molar-refractivity contribution in [3.05, 3.63) is 47.5 Å². The van der Waals surface area contributed by atoms with E-state index in [0.29, 0.717) is 17.7 Å². The molecule has 2 aliphatic rings. The maximum Gasteiger partial charge on any atom is 0.272 e. The third-order valence-electron chi connectivity index (χ3n) is 5.56. The number of fused-ring (bicyclic) bond motifs is 2. The number of aromatic nitrogens is 2. The van der Waals surface area contributed by atoms with Crippen molar-refractivity contribution in [2.45, 2.75) is 45.6 Å². The number of imidazole rings is 1. The molecule has 1 heterocycles. The molecule has 2 saturated carbocycles. The molecule has 0 radical (unpaired) electrons. The molecule has 2 fully saturated rings. The van der Waals surface area contributed by atoms with Crippen LogP contribution in [-0.2, 0) is 0 Å². The summed E-state index contributed by atoms with van der Waals surface area (Å²) in [5.74, 6) is 2.35. The number of nitrogens with one attached hydrogen (secondary N) is 1. The minimum absolute atomic E-state index is 0.0159. The first-order chi connectivity index (χ1) is 11.1. The summed E-state index contributed by atoms with van der Waals surface area (Å²) in [4.78, 5) is 17.2. The second-order valence-electron chi connectivity index (χ2n) is 7.02. The van der Waals surface area contributed by atoms with E-state index < -0.39 is 0 Å². The maximum atomic E-state index is 12.7. The molecule has 1 N–H and O–H groups in total. The molecule has 1 aromatic carbocycles. The average Bonchev–Trinajstić information content (AvgIpc) is 3.23. The van der Waals surface area contributed by atoms with Crippen LogP contribution in [0.2, 0.25) is 0 Å². The quantitative estimate of drug-likeness (QED) is 0.944. The minimum Gasteiger partial charge on any atom is -0.348 e. The van der Waals surface area contributed by atoms with Gasteiger partial charge < -0.3 is 9.88 Å². The van der Waals surface area contributed by atoms with Gasteiger partial charge in [0.15, 0.2) is 0 Å². The van der Waals surface area contributed by atoms with E-state index in [2.05, 4.69) is 14.9 Å². The fourth-order valence-electron chi connectivity index (χ4n) is 4.47. The minimum atomic E-state index is -0.0159. The zero-order valence-electron chi connectivity index (χ0n) is 13.7. The summed E-state index contributed by atoms with van der Waals surface area (Å²) in [6.07, 6.45) is 5.05. The fourth-order valence-corrected chi connectivity index (χ4v) is 4.47. The van der Waals surface area contributed by atoms with E-state index in [0.717, 1.165) is 29.5 Å². The molecule has 2 aliphatic carbocycles. The third-order valence-corrected chi connectivity index (χ3v) is 5.56. The Bertz CT molecular complexity index is 735. The van der Waals surface area contributed by atoms with Gasteiger partial charge >= 0.3 is 0 Å². The SMILES string of the molecule is Cc1nc(C(=O)N[C@@H]2CC3CC[C@@H]2C3)c(C)n1-c1ccccc1. The van der Waals surface area contributed by atoms with Crippen molar-refractivity contribution in [1.29, 1.82) is 0 Å². The van der Waals surface area contributed by atoms with Crippen LogP contribution in [0.25, 0.3) is 5.69 Å². The summed E-state index contributed by atoms with van der Waals surface area (Å²) in [6.45, 7) is 3.93. The summed E-state index contributed by atoms with van der Waals surface area (Å²) < 4.78 is 2.05. The van der Waals surface area contributed by atoms with Gasteiger partial charge in [0.05, 0.1) is 5.69 Å². The van der Waals surface area contributed by atoms with E-state index in [9.17, 15) is 4.79 Å². The molecule has 4 nitrogen and oxygen atoms in total. The van der Waals surface area contributed by atoms with Crippen molar-refractivity contribution < 1.29 is 4.79 Å². The van der Waals surface area contributed by atoms with E-state index in [1.165, 1.54) is 19.3 Å². The molecular formula is C19H23N3O. The highest BCUT2D eigenvalue weighted by atomic mass is 16.2. The molecule has 1 unspecified atom stereocenters. The number of carbonyl (C=O) groups is 1. The van der Waals surface area contributed by atoms with Gasteiger partial charge in [-0.1, -0.05) is 24.6 Å². The normalized spacial score (nSPS) is 25.7. The Morgan fingerprint density at radius 2 is 1.96 bits per heavy atom. The fraction of sp³-hybridized carbons (Fsp3) is 0.474. The Morgan fingerprint density at radius 3 is 2.61 bits per heavy atom. The van der Waals surface area contributed by atoms with Crippen LogP contribution < -0.4 is 5.32 Å². The van der Waals surface area contributed by atoms with Crippen LogP contribution in [0.4, 0.5) is 0 Å². The lowest BCUT2D eigenvalue weighted by Crippen LogP contribution is -2.38. The number of hydrogen-bond donors (Lipinski definition) is 1. The van der Waals surface area contributed by atoms with Crippen molar-refractivity contribution in [3.63, 3.8) is 0 Å². The van der Waals surface area contributed by atoms with E-state index >= 15 is 0 Å². The second kappa shape index (κ2) is 5.52. The number of aryl methyl sites for hydroxylation is 1. The first-order valence-corrected chi connectivity index (χ1v) is 8.55. The highest BCUT2D eigenvalue weighted by Crippen LogP contribution is 2.44. The Hall–Kier alpha value is -2.10. The van der Waals surface area contributed by atoms with Gasteiger partial charge in [0.25, 0.3) is 5.91 Å². The molecule has 120 valence electrons. The molecule has 3 atom stereocenters. The van der Waals surface area contributed by atoms with E-state index in [1.54, 1.807) is 0 Å². The summed E-state index contributed by atoms with van der Waals surface area (Å²) >= 11 is 0. The van der Waals surface area contributed by atoms with E-state index in [-0.39, 0.29) is 5.91 Å². The van der Waals surface area contributed by atoms with Gasteiger partial charge in [-0.15, -0.1) is 0 Å². The van der Waals surface area contributed by atoms with E-state index in [4.69, 9.17) is 0 Å². The maximum absolute atomic E-state index is 12.7. The van der Waals surface area contributed by atoms with Crippen LogP contribution in [0.5, 0.6) is 0 Å². The highest BCUT2D eigenvalue weighted by Gasteiger charge is 2.40. The molecular weight excluding hydrogens is 286 g/mol. The van der Waals surface area contributed by atoms with Crippen molar-refractivity contribution >= 4 is 5.91 Å². The smallest absolute Gasteiger partial charge is 0.272 e. The first-order valence-electron chi connectivity index (χ1n) is 8.55. The van der Waals surface area contributed by atoms with Gasteiger partial charge in [-0.2, -0.15) is 0 Å². The Morgan fingerprint density at radius 1 is 1.17 bits per heavy atom. The average molecular weight is 309 g/mol. The standard InChI is InChI=1S/C19H23N3O/c1-12-18(19(23)21-17-11-14-8-9-15(17)10-14)20-13(2)22(12)16-6-4-3-5-7-16/h3-7,14-15,17H,8-11H2,1-2H3,(H,21,23)/t14?,15-,17-/m1/s1. The molecule has 0 saturated heterocycles. The zero-order chi connectivity index (χ0) is 16.0. The van der Waals surface area contributed by atoms with Crippen molar-refractivity contribution in [3.8, 4) is 5.69 Å². The predicted molar refractivity (Wildman–Crippen MR) is 89.7 cm³/mol. The molecule has 2 aromatic rings. The van der Waals surface area contributed by atoms with Crippen molar-refractivity contribution in [2.75, 3.05) is 0 Å². The monoisotopic (exact) mass is 309 g/mol. The van der Waals surface area contributed by atoms with Crippen LogP contribution in [0, 0.1) is 25.7 Å². The van der Waals surface area contributed by atoms with Crippen LogP contribution in [0.3, 0.4) is 0 Å². The van der Waals surface area contributed by atoms with Gasteiger partial charge in [0.2, 0.25) is 0 Å². The molecule has 1 aromatic heterocycles. The number of carbonyl (C=O) groups excluding carboxylic acids is 1. The highest BCUT2D eigenvalue weighted by molar-refractivity contribution is 5.94. The summed E-state index contributed by atoms with van der Waals surface area (Å²) in [5, 5.41) is 3.24. The molecule has 0 aliphatic heterocycles. The predicted octanol–water partition coefficient (Wildman–Crippen LogP) is 3.41. The van der Waals surface area contributed by atoms with Crippen LogP contribution in [0.1, 0.15) is 47.7 Å². The molecule has 4 heteroatoms. The van der Waals surface area contributed by atoms with Crippen LogP contribution in [0.15, 0.2) is 30.3 Å². The largest absolute Gasteiger partial charge is 0.348 e. The van der Waals surface area contributed by atoms with Crippen LogP contribution >= 0.6 is 0 Å². The Kier molecular flexibility index (Phi) is 3.47. The molecule has 1 amide bonds. The van der Waals surface area contributed by atoms with E-state index in [1.807, 2.05) is 44.2 Å². The number of para-hydroxylation sites is 1. The summed E-state index contributed by atoms with van der Waals surface area (Å²) in [7, 11) is 0. The number of amides is 1. The van der Waals surface area contributed by atoms with Crippen molar-refractivity contribution in [1.82, 2.24) is 14.9 Å². The Balaban J connectivity index is 1.59. The van der Waals surface area contributed by atoms with Gasteiger partial charge in [0.1, 0.15) is 11.5 Å². The zero-order valence-corrected chi connectivity index (χ0v) is 13.7. The summed E-state index contributed by atoms with van der Waals surface area (Å²) in [6, 6.07) is 10.4. The second-order valence-corrected chi connectivity index (χ2v) is 7.02. The number of benzene rings is 1. The topological polar surface area (TPSA) is 46.9 Å². The molecule has 2 bridgehead atoms. The van der Waals surface area contributed by atoms with Gasteiger partial charge in [-0.05, 0) is 57.1 Å². The lowest BCUT2D eigenvalue weighted by Gasteiger charge is -2.22. The lowest BCUT2D eigenvalue weighted by molar-refractivity contribution is 0.0917.